The summed E-state index contributed by atoms with van der Waals surface area (Å²) in [4.78, 5) is 18.6. The zero-order chi connectivity index (χ0) is 26.4. The van der Waals surface area contributed by atoms with Crippen molar-refractivity contribution >= 4 is 50.1 Å². The van der Waals surface area contributed by atoms with Crippen LogP contribution in [-0.4, -0.2) is 37.3 Å². The van der Waals surface area contributed by atoms with Gasteiger partial charge in [-0.1, -0.05) is 35.7 Å². The van der Waals surface area contributed by atoms with Crippen LogP contribution in [0.25, 0.3) is 22.2 Å². The van der Waals surface area contributed by atoms with E-state index < -0.39 is 10.1 Å². The zero-order valence-corrected chi connectivity index (χ0v) is 22.7. The van der Waals surface area contributed by atoms with Crippen LogP contribution in [0.1, 0.15) is 40.7 Å². The number of carbonyl (C=O) groups excluding carboxylic acids is 1. The van der Waals surface area contributed by atoms with Gasteiger partial charge in [-0.05, 0) is 80.0 Å². The van der Waals surface area contributed by atoms with Crippen LogP contribution in [0.2, 0.25) is 10.0 Å². The molecule has 4 aromatic rings. The normalized spacial score (nSPS) is 16.0. The van der Waals surface area contributed by atoms with Crippen LogP contribution in [0, 0.1) is 0 Å². The largest absolute Gasteiger partial charge is 0.379 e. The number of carbonyl (C=O) groups is 1. The fourth-order valence-electron chi connectivity index (χ4n) is 5.26. The van der Waals surface area contributed by atoms with E-state index in [0.29, 0.717) is 16.7 Å². The Morgan fingerprint density at radius 3 is 2.45 bits per heavy atom. The molecule has 7 nitrogen and oxygen atoms in total. The quantitative estimate of drug-likeness (QED) is 0.272. The van der Waals surface area contributed by atoms with Crippen LogP contribution < -0.4 is 9.50 Å². The van der Waals surface area contributed by atoms with Gasteiger partial charge in [0.25, 0.3) is 5.91 Å². The molecule has 0 unspecified atom stereocenters. The van der Waals surface area contributed by atoms with E-state index in [0.717, 1.165) is 36.2 Å². The SMILES string of the molecule is O=C1NCc2c(OS(=O)(=O)c3cc(Cl)cc(Cl)c3)ccc(-c3cc4cc(CN5CCCCC5)ccc4[nH]3)c21. The second-order valence-electron chi connectivity index (χ2n) is 9.73. The van der Waals surface area contributed by atoms with E-state index >= 15 is 0 Å². The summed E-state index contributed by atoms with van der Waals surface area (Å²) < 4.78 is 31.4. The third-order valence-electron chi connectivity index (χ3n) is 7.08. The van der Waals surface area contributed by atoms with Crippen molar-refractivity contribution in [1.82, 2.24) is 15.2 Å². The topological polar surface area (TPSA) is 91.5 Å². The van der Waals surface area contributed by atoms with Crippen LogP contribution >= 0.6 is 23.2 Å². The molecule has 1 aromatic heterocycles. The molecule has 0 spiro atoms. The first kappa shape index (κ1) is 25.2. The van der Waals surface area contributed by atoms with Gasteiger partial charge >= 0.3 is 10.1 Å². The molecule has 1 fully saturated rings. The molecule has 196 valence electrons. The van der Waals surface area contributed by atoms with Crippen LogP contribution in [0.4, 0.5) is 0 Å². The Balaban J connectivity index is 1.33. The number of fused-ring (bicyclic) bond motifs is 2. The Kier molecular flexibility index (Phi) is 6.60. The summed E-state index contributed by atoms with van der Waals surface area (Å²) in [6, 6.07) is 15.7. The minimum absolute atomic E-state index is 0.0816. The Hall–Kier alpha value is -3.04. The van der Waals surface area contributed by atoms with Gasteiger partial charge in [0.1, 0.15) is 10.6 Å². The minimum Gasteiger partial charge on any atom is -0.379 e. The van der Waals surface area contributed by atoms with Crippen molar-refractivity contribution in [3.05, 3.63) is 81.3 Å². The number of rotatable bonds is 6. The molecule has 2 aliphatic rings. The first-order chi connectivity index (χ1) is 18.3. The lowest BCUT2D eigenvalue weighted by Crippen LogP contribution is -2.28. The molecule has 38 heavy (non-hydrogen) atoms. The standard InChI is InChI=1S/C28H25Cl2N3O4S/c29-19-12-20(30)14-21(13-19)38(35,36)37-26-7-5-22(27-23(26)15-31-28(27)34)25-11-18-10-17(4-6-24(18)32-25)16-33-8-2-1-3-9-33/h4-7,10-14,32H,1-3,8-9,15-16H2,(H,31,34). The number of hydrogen-bond acceptors (Lipinski definition) is 5. The first-order valence-electron chi connectivity index (χ1n) is 12.5. The summed E-state index contributed by atoms with van der Waals surface area (Å²) in [7, 11) is -4.23. The van der Waals surface area contributed by atoms with E-state index in [9.17, 15) is 13.2 Å². The number of nitrogens with zero attached hydrogens (tertiary/aromatic N) is 1. The molecule has 2 N–H and O–H groups in total. The maximum atomic E-state index is 13.0. The Labute approximate surface area is 230 Å². The Morgan fingerprint density at radius 2 is 1.68 bits per heavy atom. The van der Waals surface area contributed by atoms with E-state index in [1.807, 2.05) is 6.07 Å². The van der Waals surface area contributed by atoms with Crippen molar-refractivity contribution < 1.29 is 17.4 Å². The van der Waals surface area contributed by atoms with Crippen LogP contribution in [0.3, 0.4) is 0 Å². The number of aromatic amines is 1. The molecule has 0 radical (unpaired) electrons. The van der Waals surface area contributed by atoms with Crippen LogP contribution in [-0.2, 0) is 23.2 Å². The summed E-state index contributed by atoms with van der Waals surface area (Å²) in [6.07, 6.45) is 3.80. The second-order valence-corrected chi connectivity index (χ2v) is 12.2. The molecule has 0 aliphatic carbocycles. The molecular weight excluding hydrogens is 545 g/mol. The van der Waals surface area contributed by atoms with Gasteiger partial charge in [-0.15, -0.1) is 0 Å². The lowest BCUT2D eigenvalue weighted by molar-refractivity contribution is 0.0966. The number of piperidine rings is 1. The molecule has 1 amide bonds. The predicted octanol–water partition coefficient (Wildman–Crippen LogP) is 6.14. The number of aromatic nitrogens is 1. The molecule has 6 rings (SSSR count). The van der Waals surface area contributed by atoms with Crippen molar-refractivity contribution in [2.45, 2.75) is 37.2 Å². The molecule has 0 bridgehead atoms. The number of amides is 1. The number of benzene rings is 3. The summed E-state index contributed by atoms with van der Waals surface area (Å²) in [5, 5.41) is 4.20. The van der Waals surface area contributed by atoms with Crippen LogP contribution in [0.15, 0.2) is 59.5 Å². The molecule has 3 heterocycles. The Morgan fingerprint density at radius 1 is 0.921 bits per heavy atom. The van der Waals surface area contributed by atoms with E-state index in [4.69, 9.17) is 27.4 Å². The highest BCUT2D eigenvalue weighted by molar-refractivity contribution is 7.87. The summed E-state index contributed by atoms with van der Waals surface area (Å²) >= 11 is 12.0. The van der Waals surface area contributed by atoms with Gasteiger partial charge in [-0.3, -0.25) is 9.69 Å². The van der Waals surface area contributed by atoms with E-state index in [1.165, 1.54) is 43.0 Å². The average Bonchev–Trinajstić information content (AvgIpc) is 3.48. The zero-order valence-electron chi connectivity index (χ0n) is 20.4. The lowest BCUT2D eigenvalue weighted by atomic mass is 9.99. The van der Waals surface area contributed by atoms with Crippen molar-refractivity contribution in [2.24, 2.45) is 0 Å². The average molecular weight is 570 g/mol. The van der Waals surface area contributed by atoms with E-state index in [1.54, 1.807) is 12.1 Å². The summed E-state index contributed by atoms with van der Waals surface area (Å²) in [5.74, 6) is -0.203. The summed E-state index contributed by atoms with van der Waals surface area (Å²) in [5.41, 5.74) is 4.55. The fraction of sp³-hybridized carbons (Fsp3) is 0.250. The molecule has 0 saturated carbocycles. The molecular formula is C28H25Cl2N3O4S. The van der Waals surface area contributed by atoms with Gasteiger partial charge in [-0.25, -0.2) is 0 Å². The highest BCUT2D eigenvalue weighted by atomic mass is 35.5. The van der Waals surface area contributed by atoms with Gasteiger partial charge in [-0.2, -0.15) is 8.42 Å². The summed E-state index contributed by atoms with van der Waals surface area (Å²) in [6.45, 7) is 3.34. The van der Waals surface area contributed by atoms with Crippen molar-refractivity contribution in [1.29, 1.82) is 0 Å². The van der Waals surface area contributed by atoms with Gasteiger partial charge in [0.05, 0.1) is 5.56 Å². The fourth-order valence-corrected chi connectivity index (χ4v) is 6.95. The lowest BCUT2D eigenvalue weighted by Gasteiger charge is -2.26. The van der Waals surface area contributed by atoms with E-state index in [2.05, 4.69) is 33.4 Å². The number of likely N-dealkylation sites (tertiary alicyclic amines) is 1. The maximum Gasteiger partial charge on any atom is 0.339 e. The number of hydrogen-bond donors (Lipinski definition) is 2. The monoisotopic (exact) mass is 569 g/mol. The molecule has 3 aromatic carbocycles. The van der Waals surface area contributed by atoms with Gasteiger partial charge in [0, 0.05) is 50.9 Å². The highest BCUT2D eigenvalue weighted by Crippen LogP contribution is 2.37. The first-order valence-corrected chi connectivity index (χ1v) is 14.6. The smallest absolute Gasteiger partial charge is 0.339 e. The number of H-pyrrole nitrogens is 1. The van der Waals surface area contributed by atoms with Crippen molar-refractivity contribution in [2.75, 3.05) is 13.1 Å². The second kappa shape index (κ2) is 9.93. The number of nitrogens with one attached hydrogen (secondary N) is 2. The number of halogens is 2. The van der Waals surface area contributed by atoms with Crippen molar-refractivity contribution in [3.8, 4) is 17.0 Å². The highest BCUT2D eigenvalue weighted by Gasteiger charge is 2.30. The van der Waals surface area contributed by atoms with Gasteiger partial charge < -0.3 is 14.5 Å². The third kappa shape index (κ3) is 4.89. The van der Waals surface area contributed by atoms with Gasteiger partial charge in [0.2, 0.25) is 0 Å². The van der Waals surface area contributed by atoms with E-state index in [-0.39, 0.29) is 33.1 Å². The maximum absolute atomic E-state index is 13.0. The molecule has 10 heteroatoms. The predicted molar refractivity (Wildman–Crippen MR) is 148 cm³/mol. The third-order valence-corrected chi connectivity index (χ3v) is 8.73. The van der Waals surface area contributed by atoms with Crippen LogP contribution in [0.5, 0.6) is 5.75 Å². The molecule has 2 aliphatic heterocycles. The van der Waals surface area contributed by atoms with Gasteiger partial charge in [0.15, 0.2) is 0 Å². The molecule has 0 atom stereocenters. The van der Waals surface area contributed by atoms with Crippen molar-refractivity contribution in [3.63, 3.8) is 0 Å². The molecule has 1 saturated heterocycles. The minimum atomic E-state index is -4.23. The Bertz CT molecular complexity index is 1660.